The molecular weight excluding hydrogens is 375 g/mol. The van der Waals surface area contributed by atoms with Crippen LogP contribution < -0.4 is 0 Å². The Morgan fingerprint density at radius 3 is 2.38 bits per heavy atom. The number of carbonyl (C=O) groups is 2. The van der Waals surface area contributed by atoms with Gasteiger partial charge in [-0.1, -0.05) is 12.8 Å². The number of carbonyl (C=O) groups excluding carboxylic acids is 2. The van der Waals surface area contributed by atoms with E-state index in [9.17, 15) is 19.6 Å². The fourth-order valence-corrected chi connectivity index (χ4v) is 4.48. The highest BCUT2D eigenvalue weighted by atomic mass is 16.6. The lowest BCUT2D eigenvalue weighted by molar-refractivity contribution is -0.154. The molecule has 2 aliphatic heterocycles. The van der Waals surface area contributed by atoms with Gasteiger partial charge in [0.15, 0.2) is 0 Å². The molecule has 29 heavy (non-hydrogen) atoms. The van der Waals surface area contributed by atoms with Gasteiger partial charge in [-0.05, 0) is 71.8 Å². The number of esters is 1. The molecule has 1 amide bonds. The van der Waals surface area contributed by atoms with Gasteiger partial charge in [0, 0.05) is 13.1 Å². The van der Waals surface area contributed by atoms with Crippen LogP contribution in [-0.2, 0) is 14.3 Å². The first-order valence-electron chi connectivity index (χ1n) is 10.7. The minimum atomic E-state index is -1.40. The molecule has 2 rings (SSSR count). The number of hydrogen-bond donors (Lipinski definition) is 2. The maximum atomic E-state index is 13.0. The van der Waals surface area contributed by atoms with Crippen molar-refractivity contribution in [2.45, 2.75) is 76.8 Å². The number of likely N-dealkylation sites (tertiary alicyclic amines) is 2. The highest BCUT2D eigenvalue weighted by Gasteiger charge is 2.55. The molecule has 2 unspecified atom stereocenters. The largest absolute Gasteiger partial charge is 0.467 e. The number of rotatable bonds is 7. The zero-order chi connectivity index (χ0) is 21.7. The standard InChI is InChI=1S/C20H37BN2O6/c1-19(2,3)29-18(25)23-15-16(8-10-21(26)27)14-20(23,17(24)28-4)9-13-22-11-6-5-7-12-22/h16,26-27H,5-15H2,1-4H3. The van der Waals surface area contributed by atoms with Gasteiger partial charge >= 0.3 is 19.2 Å². The number of ether oxygens (including phenoxy) is 2. The van der Waals surface area contributed by atoms with Gasteiger partial charge in [0.05, 0.1) is 7.11 Å². The lowest BCUT2D eigenvalue weighted by atomic mass is 9.79. The van der Waals surface area contributed by atoms with Gasteiger partial charge in [-0.2, -0.15) is 0 Å². The molecule has 0 saturated carbocycles. The predicted octanol–water partition coefficient (Wildman–Crippen LogP) is 1.89. The van der Waals surface area contributed by atoms with E-state index in [-0.39, 0.29) is 12.2 Å². The molecule has 0 aliphatic carbocycles. The normalized spacial score (nSPS) is 25.7. The van der Waals surface area contributed by atoms with Gasteiger partial charge < -0.3 is 24.4 Å². The zero-order valence-corrected chi connectivity index (χ0v) is 18.4. The van der Waals surface area contributed by atoms with E-state index in [0.717, 1.165) is 25.9 Å². The summed E-state index contributed by atoms with van der Waals surface area (Å²) in [7, 11) is -0.0466. The molecule has 2 heterocycles. The molecule has 166 valence electrons. The summed E-state index contributed by atoms with van der Waals surface area (Å²) >= 11 is 0. The van der Waals surface area contributed by atoms with E-state index in [4.69, 9.17) is 9.47 Å². The Morgan fingerprint density at radius 1 is 1.17 bits per heavy atom. The molecule has 2 saturated heterocycles. The Balaban J connectivity index is 2.24. The summed E-state index contributed by atoms with van der Waals surface area (Å²) < 4.78 is 10.8. The van der Waals surface area contributed by atoms with E-state index in [2.05, 4.69) is 4.90 Å². The highest BCUT2D eigenvalue weighted by Crippen LogP contribution is 2.40. The van der Waals surface area contributed by atoms with Crippen molar-refractivity contribution in [3.63, 3.8) is 0 Å². The molecule has 0 spiro atoms. The van der Waals surface area contributed by atoms with Crippen molar-refractivity contribution in [1.82, 2.24) is 9.80 Å². The molecule has 9 heteroatoms. The molecule has 2 fully saturated rings. The first-order valence-corrected chi connectivity index (χ1v) is 10.7. The molecule has 2 N–H and O–H groups in total. The average Bonchev–Trinajstić information content (AvgIpc) is 3.04. The Labute approximate surface area is 174 Å². The van der Waals surface area contributed by atoms with E-state index in [1.165, 1.54) is 18.4 Å². The third kappa shape index (κ3) is 6.59. The Hall–Kier alpha value is -1.32. The van der Waals surface area contributed by atoms with Crippen LogP contribution in [0.4, 0.5) is 4.79 Å². The smallest absolute Gasteiger partial charge is 0.451 e. The fraction of sp³-hybridized carbons (Fsp3) is 0.900. The van der Waals surface area contributed by atoms with Crippen molar-refractivity contribution in [3.8, 4) is 0 Å². The molecule has 2 aliphatic rings. The highest BCUT2D eigenvalue weighted by molar-refractivity contribution is 6.40. The molecule has 2 atom stereocenters. The molecule has 0 aromatic heterocycles. The van der Waals surface area contributed by atoms with Crippen LogP contribution in [-0.4, -0.2) is 83.5 Å². The van der Waals surface area contributed by atoms with Crippen LogP contribution in [0.5, 0.6) is 0 Å². The minimum Gasteiger partial charge on any atom is -0.467 e. The number of nitrogens with zero attached hydrogens (tertiary/aromatic N) is 2. The zero-order valence-electron chi connectivity index (χ0n) is 18.4. The Kier molecular flexibility index (Phi) is 8.37. The fourth-order valence-electron chi connectivity index (χ4n) is 4.48. The number of piperidine rings is 1. The van der Waals surface area contributed by atoms with Gasteiger partial charge in [-0.3, -0.25) is 4.90 Å². The lowest BCUT2D eigenvalue weighted by Crippen LogP contribution is -2.56. The molecule has 0 aromatic rings. The molecule has 0 aromatic carbocycles. The maximum absolute atomic E-state index is 13.0. The van der Waals surface area contributed by atoms with Gasteiger partial charge in [0.1, 0.15) is 11.1 Å². The Morgan fingerprint density at radius 2 is 1.83 bits per heavy atom. The topological polar surface area (TPSA) is 99.5 Å². The summed E-state index contributed by atoms with van der Waals surface area (Å²) in [6, 6.07) is 0. The van der Waals surface area contributed by atoms with E-state index < -0.39 is 30.3 Å². The van der Waals surface area contributed by atoms with Crippen molar-refractivity contribution in [3.05, 3.63) is 0 Å². The minimum absolute atomic E-state index is 0.0234. The number of amides is 1. The van der Waals surface area contributed by atoms with Gasteiger partial charge in [-0.15, -0.1) is 0 Å². The summed E-state index contributed by atoms with van der Waals surface area (Å²) in [6.45, 7) is 8.46. The maximum Gasteiger partial charge on any atom is 0.451 e. The summed E-state index contributed by atoms with van der Waals surface area (Å²) in [5, 5.41) is 18.5. The van der Waals surface area contributed by atoms with Gasteiger partial charge in [0.25, 0.3) is 0 Å². The van der Waals surface area contributed by atoms with Crippen LogP contribution in [0, 0.1) is 5.92 Å². The van der Waals surface area contributed by atoms with Crippen molar-refractivity contribution >= 4 is 19.2 Å². The van der Waals surface area contributed by atoms with Crippen molar-refractivity contribution in [2.75, 3.05) is 33.3 Å². The van der Waals surface area contributed by atoms with Crippen molar-refractivity contribution in [1.29, 1.82) is 0 Å². The van der Waals surface area contributed by atoms with E-state index in [0.29, 0.717) is 32.4 Å². The molecule has 0 radical (unpaired) electrons. The van der Waals surface area contributed by atoms with E-state index >= 15 is 0 Å². The molecule has 0 bridgehead atoms. The third-order valence-electron chi connectivity index (χ3n) is 5.89. The van der Waals surface area contributed by atoms with E-state index in [1.807, 2.05) is 0 Å². The van der Waals surface area contributed by atoms with E-state index in [1.54, 1.807) is 20.8 Å². The number of methoxy groups -OCH3 is 1. The first kappa shape index (κ1) is 24.0. The first-order chi connectivity index (χ1) is 13.6. The van der Waals surface area contributed by atoms with Crippen LogP contribution in [0.25, 0.3) is 0 Å². The van der Waals surface area contributed by atoms with Crippen LogP contribution in [0.1, 0.15) is 59.3 Å². The van der Waals surface area contributed by atoms with Crippen LogP contribution >= 0.6 is 0 Å². The number of hydrogen-bond acceptors (Lipinski definition) is 7. The third-order valence-corrected chi connectivity index (χ3v) is 5.89. The molecule has 8 nitrogen and oxygen atoms in total. The average molecular weight is 412 g/mol. The quantitative estimate of drug-likeness (QED) is 0.487. The predicted molar refractivity (Wildman–Crippen MR) is 110 cm³/mol. The lowest BCUT2D eigenvalue weighted by Gasteiger charge is -2.38. The van der Waals surface area contributed by atoms with Gasteiger partial charge in [0.2, 0.25) is 0 Å². The second-order valence-corrected chi connectivity index (χ2v) is 9.39. The summed E-state index contributed by atoms with van der Waals surface area (Å²) in [5.74, 6) is -0.447. The monoisotopic (exact) mass is 412 g/mol. The molecular formula is C20H37BN2O6. The van der Waals surface area contributed by atoms with Crippen LogP contribution in [0.15, 0.2) is 0 Å². The van der Waals surface area contributed by atoms with Crippen molar-refractivity contribution in [2.24, 2.45) is 5.92 Å². The Bertz CT molecular complexity index is 562. The summed E-state index contributed by atoms with van der Waals surface area (Å²) in [5.41, 5.74) is -1.76. The van der Waals surface area contributed by atoms with Gasteiger partial charge in [-0.25, -0.2) is 9.59 Å². The van der Waals surface area contributed by atoms with Crippen LogP contribution in [0.2, 0.25) is 6.32 Å². The van der Waals surface area contributed by atoms with Crippen LogP contribution in [0.3, 0.4) is 0 Å². The summed E-state index contributed by atoms with van der Waals surface area (Å²) in [4.78, 5) is 29.9. The summed E-state index contributed by atoms with van der Waals surface area (Å²) in [6.07, 6.45) is 4.66. The second kappa shape index (κ2) is 10.1. The second-order valence-electron chi connectivity index (χ2n) is 9.39. The van der Waals surface area contributed by atoms with Crippen molar-refractivity contribution < 1.29 is 29.1 Å². The SMILES string of the molecule is COC(=O)C1(CCN2CCCCC2)CC(CCB(O)O)CN1C(=O)OC(C)(C)C.